The highest BCUT2D eigenvalue weighted by Gasteiger charge is 2.44. The smallest absolute Gasteiger partial charge is 0.220 e. The third-order valence-electron chi connectivity index (χ3n) is 5.19. The Bertz CT molecular complexity index is 486. The van der Waals surface area contributed by atoms with Gasteiger partial charge >= 0.3 is 0 Å². The van der Waals surface area contributed by atoms with E-state index in [1.54, 1.807) is 0 Å². The number of hydrogen-bond donors (Lipinski definition) is 1. The highest BCUT2D eigenvalue weighted by atomic mass is 19.1. The van der Waals surface area contributed by atoms with E-state index < -0.39 is 0 Å². The lowest BCUT2D eigenvalue weighted by Crippen LogP contribution is -2.32. The number of halogens is 1. The van der Waals surface area contributed by atoms with E-state index in [0.29, 0.717) is 13.0 Å². The third-order valence-corrected chi connectivity index (χ3v) is 5.19. The Kier molecular flexibility index (Phi) is 4.27. The van der Waals surface area contributed by atoms with E-state index in [2.05, 4.69) is 5.32 Å². The minimum Gasteiger partial charge on any atom is -0.355 e. The van der Waals surface area contributed by atoms with Crippen molar-refractivity contribution in [2.24, 2.45) is 5.92 Å². The lowest BCUT2D eigenvalue weighted by atomic mass is 9.95. The lowest BCUT2D eigenvalue weighted by Gasteiger charge is -2.17. The molecule has 2 aliphatic carbocycles. The first kappa shape index (κ1) is 14.6. The van der Waals surface area contributed by atoms with Crippen LogP contribution in [0.5, 0.6) is 0 Å². The van der Waals surface area contributed by atoms with Gasteiger partial charge in [-0.15, -0.1) is 0 Å². The second kappa shape index (κ2) is 6.17. The number of nitrogens with one attached hydrogen (secondary N) is 1. The molecule has 2 fully saturated rings. The zero-order chi connectivity index (χ0) is 14.7. The van der Waals surface area contributed by atoms with Gasteiger partial charge in [-0.2, -0.15) is 0 Å². The maximum atomic E-state index is 13.0. The van der Waals surface area contributed by atoms with Crippen LogP contribution in [0.4, 0.5) is 4.39 Å². The van der Waals surface area contributed by atoms with Crippen molar-refractivity contribution >= 4 is 5.91 Å². The maximum Gasteiger partial charge on any atom is 0.220 e. The van der Waals surface area contributed by atoms with Crippen LogP contribution in [-0.2, 0) is 10.2 Å². The van der Waals surface area contributed by atoms with Crippen LogP contribution in [0.15, 0.2) is 24.3 Å². The summed E-state index contributed by atoms with van der Waals surface area (Å²) in [5, 5.41) is 3.09. The van der Waals surface area contributed by atoms with Crippen LogP contribution in [0.25, 0.3) is 0 Å². The maximum absolute atomic E-state index is 13.0. The quantitative estimate of drug-likeness (QED) is 0.844. The van der Waals surface area contributed by atoms with Crippen molar-refractivity contribution < 1.29 is 9.18 Å². The predicted octanol–water partition coefficient (Wildman–Crippen LogP) is 3.94. The third kappa shape index (κ3) is 3.63. The van der Waals surface area contributed by atoms with Crippen LogP contribution in [-0.4, -0.2) is 12.5 Å². The molecule has 0 heterocycles. The largest absolute Gasteiger partial charge is 0.355 e. The molecule has 0 radical (unpaired) electrons. The Hall–Kier alpha value is -1.38. The highest BCUT2D eigenvalue weighted by molar-refractivity contribution is 5.76. The van der Waals surface area contributed by atoms with E-state index in [9.17, 15) is 9.18 Å². The Morgan fingerprint density at radius 3 is 2.48 bits per heavy atom. The van der Waals surface area contributed by atoms with Gasteiger partial charge in [0.25, 0.3) is 0 Å². The van der Waals surface area contributed by atoms with Crippen LogP contribution in [0.2, 0.25) is 0 Å². The van der Waals surface area contributed by atoms with Crippen molar-refractivity contribution in [3.63, 3.8) is 0 Å². The SMILES string of the molecule is O=C(CCC1CCCC1)NCC1(c2ccc(F)cc2)CC1. The predicted molar refractivity (Wildman–Crippen MR) is 81.5 cm³/mol. The van der Waals surface area contributed by atoms with Crippen molar-refractivity contribution in [2.45, 2.75) is 56.8 Å². The van der Waals surface area contributed by atoms with Crippen LogP contribution in [0.3, 0.4) is 0 Å². The first-order valence-electron chi connectivity index (χ1n) is 8.21. The second-order valence-corrected chi connectivity index (χ2v) is 6.75. The normalized spacial score (nSPS) is 20.4. The first-order valence-corrected chi connectivity index (χ1v) is 8.21. The van der Waals surface area contributed by atoms with Gasteiger partial charge in [-0.05, 0) is 42.9 Å². The summed E-state index contributed by atoms with van der Waals surface area (Å²) < 4.78 is 13.0. The monoisotopic (exact) mass is 289 g/mol. The van der Waals surface area contributed by atoms with E-state index in [-0.39, 0.29) is 17.1 Å². The van der Waals surface area contributed by atoms with Crippen molar-refractivity contribution in [1.82, 2.24) is 5.32 Å². The van der Waals surface area contributed by atoms with E-state index >= 15 is 0 Å². The van der Waals surface area contributed by atoms with Gasteiger partial charge < -0.3 is 5.32 Å². The molecule has 1 amide bonds. The number of carbonyl (C=O) groups is 1. The number of amides is 1. The summed E-state index contributed by atoms with van der Waals surface area (Å²) in [6, 6.07) is 6.73. The van der Waals surface area contributed by atoms with Gasteiger partial charge in [0, 0.05) is 18.4 Å². The number of benzene rings is 1. The molecule has 0 spiro atoms. The van der Waals surface area contributed by atoms with Crippen molar-refractivity contribution in [1.29, 1.82) is 0 Å². The van der Waals surface area contributed by atoms with Crippen LogP contribution >= 0.6 is 0 Å². The molecule has 2 aliphatic rings. The summed E-state index contributed by atoms with van der Waals surface area (Å²) in [6.45, 7) is 0.697. The minimum absolute atomic E-state index is 0.0662. The number of hydrogen-bond acceptors (Lipinski definition) is 1. The van der Waals surface area contributed by atoms with Gasteiger partial charge in [0.15, 0.2) is 0 Å². The Morgan fingerprint density at radius 1 is 1.19 bits per heavy atom. The Balaban J connectivity index is 1.45. The number of carbonyl (C=O) groups excluding carboxylic acids is 1. The average molecular weight is 289 g/mol. The molecule has 1 N–H and O–H groups in total. The van der Waals surface area contributed by atoms with E-state index in [4.69, 9.17) is 0 Å². The summed E-state index contributed by atoms with van der Waals surface area (Å²) in [5.74, 6) is 0.744. The Morgan fingerprint density at radius 2 is 1.86 bits per heavy atom. The molecule has 3 heteroatoms. The summed E-state index contributed by atoms with van der Waals surface area (Å²) in [7, 11) is 0. The molecule has 0 aromatic heterocycles. The highest BCUT2D eigenvalue weighted by Crippen LogP contribution is 2.47. The lowest BCUT2D eigenvalue weighted by molar-refractivity contribution is -0.121. The molecule has 3 rings (SSSR count). The summed E-state index contributed by atoms with van der Waals surface area (Å²) in [6.07, 6.45) is 9.13. The van der Waals surface area contributed by atoms with Crippen molar-refractivity contribution in [3.8, 4) is 0 Å². The fourth-order valence-corrected chi connectivity index (χ4v) is 3.51. The second-order valence-electron chi connectivity index (χ2n) is 6.75. The van der Waals surface area contributed by atoms with Gasteiger partial charge in [0.1, 0.15) is 5.82 Å². The van der Waals surface area contributed by atoms with E-state index in [1.165, 1.54) is 37.8 Å². The standard InChI is InChI=1S/C18H24FNO/c19-16-8-6-15(7-9-16)18(11-12-18)13-20-17(21)10-5-14-3-1-2-4-14/h6-9,14H,1-5,10-13H2,(H,20,21). The van der Waals surface area contributed by atoms with Crippen molar-refractivity contribution in [2.75, 3.05) is 6.54 Å². The van der Waals surface area contributed by atoms with Gasteiger partial charge in [-0.3, -0.25) is 4.79 Å². The topological polar surface area (TPSA) is 29.1 Å². The molecular weight excluding hydrogens is 265 g/mol. The number of rotatable bonds is 6. The molecule has 2 saturated carbocycles. The van der Waals surface area contributed by atoms with Gasteiger partial charge in [0.2, 0.25) is 5.91 Å². The average Bonchev–Trinajstić information content (AvgIpc) is 3.10. The van der Waals surface area contributed by atoms with Crippen LogP contribution in [0.1, 0.15) is 56.9 Å². The molecule has 1 aromatic rings. The molecule has 1 aromatic carbocycles. The summed E-state index contributed by atoms with van der Waals surface area (Å²) in [4.78, 5) is 12.0. The zero-order valence-corrected chi connectivity index (χ0v) is 12.5. The molecule has 0 saturated heterocycles. The fraction of sp³-hybridized carbons (Fsp3) is 0.611. The minimum atomic E-state index is -0.199. The fourth-order valence-electron chi connectivity index (χ4n) is 3.51. The van der Waals surface area contributed by atoms with E-state index in [1.807, 2.05) is 12.1 Å². The molecular formula is C18H24FNO. The van der Waals surface area contributed by atoms with Crippen molar-refractivity contribution in [3.05, 3.63) is 35.6 Å². The molecule has 0 atom stereocenters. The van der Waals surface area contributed by atoms with Crippen LogP contribution in [0, 0.1) is 11.7 Å². The first-order chi connectivity index (χ1) is 10.2. The molecule has 0 bridgehead atoms. The Labute approximate surface area is 126 Å². The molecule has 2 nitrogen and oxygen atoms in total. The molecule has 0 unspecified atom stereocenters. The van der Waals surface area contributed by atoms with Gasteiger partial charge in [0.05, 0.1) is 0 Å². The van der Waals surface area contributed by atoms with Gasteiger partial charge in [-0.25, -0.2) is 4.39 Å². The molecule has 114 valence electrons. The summed E-state index contributed by atoms with van der Waals surface area (Å²) >= 11 is 0. The molecule has 0 aliphatic heterocycles. The summed E-state index contributed by atoms with van der Waals surface area (Å²) in [5.41, 5.74) is 1.22. The van der Waals surface area contributed by atoms with E-state index in [0.717, 1.165) is 30.7 Å². The molecule has 21 heavy (non-hydrogen) atoms. The van der Waals surface area contributed by atoms with Crippen LogP contribution < -0.4 is 5.32 Å². The van der Waals surface area contributed by atoms with Gasteiger partial charge in [-0.1, -0.05) is 37.8 Å². The zero-order valence-electron chi connectivity index (χ0n) is 12.5.